The van der Waals surface area contributed by atoms with Gasteiger partial charge in [0.15, 0.2) is 0 Å². The Balaban J connectivity index is 2.18. The molecule has 0 saturated carbocycles. The van der Waals surface area contributed by atoms with Crippen LogP contribution >= 0.6 is 0 Å². The van der Waals surface area contributed by atoms with Gasteiger partial charge in [0.2, 0.25) is 11.8 Å². The second-order valence-corrected chi connectivity index (χ2v) is 8.03. The van der Waals surface area contributed by atoms with Crippen molar-refractivity contribution in [2.75, 3.05) is 13.2 Å². The molecule has 1 N–H and O–H groups in total. The molecule has 0 aliphatic heterocycles. The van der Waals surface area contributed by atoms with Crippen molar-refractivity contribution >= 4 is 11.8 Å². The molecule has 0 fully saturated rings. The Bertz CT molecular complexity index is 778. The summed E-state index contributed by atoms with van der Waals surface area (Å²) in [4.78, 5) is 28.0. The minimum Gasteiger partial charge on any atom is -0.379 e. The molecule has 0 bridgehead atoms. The maximum atomic E-state index is 13.2. The molecule has 0 aliphatic carbocycles. The topological polar surface area (TPSA) is 58.6 Å². The molecule has 0 aromatic heterocycles. The molecular formula is C26H36N2O3. The van der Waals surface area contributed by atoms with Crippen LogP contribution in [0, 0.1) is 0 Å². The summed E-state index contributed by atoms with van der Waals surface area (Å²) >= 11 is 0. The number of amides is 2. The summed E-state index contributed by atoms with van der Waals surface area (Å²) in [5.41, 5.74) is 2.05. The number of nitrogens with one attached hydrogen (secondary N) is 1. The summed E-state index contributed by atoms with van der Waals surface area (Å²) in [7, 11) is 0. The number of rotatable bonds is 13. The van der Waals surface area contributed by atoms with E-state index in [0.717, 1.165) is 24.0 Å². The van der Waals surface area contributed by atoms with Crippen molar-refractivity contribution in [3.63, 3.8) is 0 Å². The summed E-state index contributed by atoms with van der Waals surface area (Å²) in [5.74, 6) is -0.112. The zero-order valence-corrected chi connectivity index (χ0v) is 19.0. The van der Waals surface area contributed by atoms with Crippen molar-refractivity contribution in [3.05, 3.63) is 71.8 Å². The molecule has 1 atom stereocenters. The van der Waals surface area contributed by atoms with Gasteiger partial charge in [0.05, 0.1) is 6.10 Å². The van der Waals surface area contributed by atoms with E-state index in [2.05, 4.69) is 5.32 Å². The van der Waals surface area contributed by atoms with E-state index in [-0.39, 0.29) is 17.9 Å². The van der Waals surface area contributed by atoms with Gasteiger partial charge in [-0.1, -0.05) is 67.6 Å². The van der Waals surface area contributed by atoms with Crippen molar-refractivity contribution < 1.29 is 14.3 Å². The maximum Gasteiger partial charge on any atom is 0.243 e. The Morgan fingerprint density at radius 1 is 0.968 bits per heavy atom. The molecular weight excluding hydrogens is 388 g/mol. The first-order valence-electron chi connectivity index (χ1n) is 11.3. The summed E-state index contributed by atoms with van der Waals surface area (Å²) in [6.07, 6.45) is 2.57. The van der Waals surface area contributed by atoms with Gasteiger partial charge in [-0.3, -0.25) is 9.59 Å². The first-order chi connectivity index (χ1) is 15.0. The van der Waals surface area contributed by atoms with E-state index in [1.54, 1.807) is 4.90 Å². The minimum absolute atomic E-state index is 0.00516. The predicted molar refractivity (Wildman–Crippen MR) is 125 cm³/mol. The second-order valence-electron chi connectivity index (χ2n) is 8.03. The fourth-order valence-corrected chi connectivity index (χ4v) is 3.41. The van der Waals surface area contributed by atoms with Crippen molar-refractivity contribution in [2.45, 2.75) is 65.1 Å². The number of carbonyl (C=O) groups is 2. The third-order valence-corrected chi connectivity index (χ3v) is 5.00. The van der Waals surface area contributed by atoms with E-state index in [4.69, 9.17) is 4.74 Å². The van der Waals surface area contributed by atoms with Gasteiger partial charge >= 0.3 is 0 Å². The van der Waals surface area contributed by atoms with Crippen LogP contribution in [0.1, 0.15) is 51.2 Å². The lowest BCUT2D eigenvalue weighted by molar-refractivity contribution is -0.141. The van der Waals surface area contributed by atoms with Crippen molar-refractivity contribution in [2.24, 2.45) is 0 Å². The number of hydrogen-bond acceptors (Lipinski definition) is 3. The van der Waals surface area contributed by atoms with Crippen molar-refractivity contribution in [1.29, 1.82) is 0 Å². The normalized spacial score (nSPS) is 11.9. The highest BCUT2D eigenvalue weighted by Crippen LogP contribution is 2.16. The number of carbonyl (C=O) groups excluding carboxylic acids is 2. The fourth-order valence-electron chi connectivity index (χ4n) is 3.41. The molecule has 0 radical (unpaired) electrons. The van der Waals surface area contributed by atoms with E-state index < -0.39 is 6.04 Å². The predicted octanol–water partition coefficient (Wildman–Crippen LogP) is 4.36. The zero-order valence-electron chi connectivity index (χ0n) is 19.0. The number of hydrogen-bond donors (Lipinski definition) is 1. The quantitative estimate of drug-likeness (QED) is 0.486. The Kier molecular flexibility index (Phi) is 10.8. The highest BCUT2D eigenvalue weighted by molar-refractivity contribution is 5.88. The number of benzene rings is 2. The van der Waals surface area contributed by atoms with Gasteiger partial charge in [0.25, 0.3) is 0 Å². The van der Waals surface area contributed by atoms with Crippen LogP contribution < -0.4 is 5.32 Å². The van der Waals surface area contributed by atoms with Crippen molar-refractivity contribution in [3.8, 4) is 0 Å². The molecule has 2 aromatic carbocycles. The summed E-state index contributed by atoms with van der Waals surface area (Å²) in [6.45, 7) is 7.52. The molecule has 0 unspecified atom stereocenters. The molecule has 2 aromatic rings. The highest BCUT2D eigenvalue weighted by Gasteiger charge is 2.29. The lowest BCUT2D eigenvalue weighted by atomic mass is 10.0. The first kappa shape index (κ1) is 24.6. The molecule has 0 spiro atoms. The SMILES string of the molecule is CCCC(=O)N(Cc1ccccc1)[C@H](Cc1ccccc1)C(=O)NCCCOC(C)C. The van der Waals surface area contributed by atoms with Gasteiger partial charge in [0, 0.05) is 32.5 Å². The third-order valence-electron chi connectivity index (χ3n) is 5.00. The molecule has 0 heterocycles. The molecule has 2 amide bonds. The van der Waals surface area contributed by atoms with Crippen LogP contribution in [0.25, 0.3) is 0 Å². The third kappa shape index (κ3) is 8.93. The van der Waals surface area contributed by atoms with Gasteiger partial charge in [-0.15, -0.1) is 0 Å². The van der Waals surface area contributed by atoms with Gasteiger partial charge < -0.3 is 15.0 Å². The smallest absolute Gasteiger partial charge is 0.243 e. The van der Waals surface area contributed by atoms with E-state index >= 15 is 0 Å². The lowest BCUT2D eigenvalue weighted by Gasteiger charge is -2.31. The summed E-state index contributed by atoms with van der Waals surface area (Å²) in [5, 5.41) is 3.03. The van der Waals surface area contributed by atoms with Gasteiger partial charge in [0.1, 0.15) is 6.04 Å². The average molecular weight is 425 g/mol. The van der Waals surface area contributed by atoms with E-state index in [0.29, 0.717) is 32.5 Å². The number of nitrogens with zero attached hydrogens (tertiary/aromatic N) is 1. The molecule has 31 heavy (non-hydrogen) atoms. The first-order valence-corrected chi connectivity index (χ1v) is 11.3. The Labute approximate surface area is 186 Å². The van der Waals surface area contributed by atoms with E-state index in [9.17, 15) is 9.59 Å². The largest absolute Gasteiger partial charge is 0.379 e. The Hall–Kier alpha value is -2.66. The van der Waals surface area contributed by atoms with Crippen LogP contribution in [0.15, 0.2) is 60.7 Å². The van der Waals surface area contributed by atoms with Crippen LogP contribution in [0.3, 0.4) is 0 Å². The van der Waals surface area contributed by atoms with E-state index in [1.165, 1.54) is 0 Å². The molecule has 2 rings (SSSR count). The second kappa shape index (κ2) is 13.6. The highest BCUT2D eigenvalue weighted by atomic mass is 16.5. The van der Waals surface area contributed by atoms with Crippen LogP contribution in [-0.4, -0.2) is 42.0 Å². The number of ether oxygens (including phenoxy) is 1. The van der Waals surface area contributed by atoms with Crippen LogP contribution in [0.4, 0.5) is 0 Å². The van der Waals surface area contributed by atoms with Crippen molar-refractivity contribution in [1.82, 2.24) is 10.2 Å². The molecule has 5 heteroatoms. The van der Waals surface area contributed by atoms with Gasteiger partial charge in [-0.2, -0.15) is 0 Å². The molecule has 168 valence electrons. The zero-order chi connectivity index (χ0) is 22.5. The van der Waals surface area contributed by atoms with E-state index in [1.807, 2.05) is 81.4 Å². The average Bonchev–Trinajstić information content (AvgIpc) is 2.77. The van der Waals surface area contributed by atoms with Crippen LogP contribution in [0.5, 0.6) is 0 Å². The Morgan fingerprint density at radius 2 is 1.58 bits per heavy atom. The molecule has 0 saturated heterocycles. The fraction of sp³-hybridized carbons (Fsp3) is 0.462. The Morgan fingerprint density at radius 3 is 2.16 bits per heavy atom. The standard InChI is InChI=1S/C26H36N2O3/c1-4-12-25(29)28(20-23-15-9-6-10-16-23)24(19-22-13-7-5-8-14-22)26(30)27-17-11-18-31-21(2)3/h5-10,13-16,21,24H,4,11-12,17-20H2,1-3H3,(H,27,30)/t24-/m1/s1. The van der Waals surface area contributed by atoms with Gasteiger partial charge in [-0.25, -0.2) is 0 Å². The van der Waals surface area contributed by atoms with Gasteiger partial charge in [-0.05, 0) is 37.8 Å². The van der Waals surface area contributed by atoms with Crippen LogP contribution in [0.2, 0.25) is 0 Å². The maximum absolute atomic E-state index is 13.2. The van der Waals surface area contributed by atoms with Crippen LogP contribution in [-0.2, 0) is 27.3 Å². The summed E-state index contributed by atoms with van der Waals surface area (Å²) in [6, 6.07) is 19.2. The monoisotopic (exact) mass is 424 g/mol. The summed E-state index contributed by atoms with van der Waals surface area (Å²) < 4.78 is 5.56. The molecule has 5 nitrogen and oxygen atoms in total. The minimum atomic E-state index is -0.562. The molecule has 0 aliphatic rings. The lowest BCUT2D eigenvalue weighted by Crippen LogP contribution is -2.50.